The van der Waals surface area contributed by atoms with Gasteiger partial charge in [0.05, 0.1) is 11.8 Å². The summed E-state index contributed by atoms with van der Waals surface area (Å²) in [6.07, 6.45) is 2.74. The summed E-state index contributed by atoms with van der Waals surface area (Å²) < 4.78 is 4.80. The summed E-state index contributed by atoms with van der Waals surface area (Å²) in [5, 5.41) is 5.31. The van der Waals surface area contributed by atoms with E-state index in [1.54, 1.807) is 6.92 Å². The van der Waals surface area contributed by atoms with Crippen molar-refractivity contribution in [3.63, 3.8) is 0 Å². The predicted octanol–water partition coefficient (Wildman–Crippen LogP) is 0.531. The summed E-state index contributed by atoms with van der Waals surface area (Å²) in [5.74, 6) is -0.351. The Morgan fingerprint density at radius 3 is 2.63 bits per heavy atom. The second-order valence-corrected chi connectivity index (χ2v) is 4.29. The Balaban J connectivity index is 0.00000324. The average molecular weight is 290 g/mol. The van der Waals surface area contributed by atoms with E-state index >= 15 is 0 Å². The SMILES string of the molecule is CC(CN)CNC(=O)C(C)NC(=O)c1ccoc1.Cl. The number of amides is 2. The second kappa shape index (κ2) is 8.55. The van der Waals surface area contributed by atoms with Gasteiger partial charge in [0.1, 0.15) is 12.3 Å². The van der Waals surface area contributed by atoms with Crippen LogP contribution in [-0.4, -0.2) is 30.9 Å². The molecule has 0 aliphatic heterocycles. The molecular formula is C12H20ClN3O3. The molecule has 0 radical (unpaired) electrons. The minimum absolute atomic E-state index is 0. The van der Waals surface area contributed by atoms with Crippen LogP contribution in [0, 0.1) is 5.92 Å². The van der Waals surface area contributed by atoms with Crippen LogP contribution in [0.3, 0.4) is 0 Å². The van der Waals surface area contributed by atoms with Crippen LogP contribution in [0.5, 0.6) is 0 Å². The Morgan fingerprint density at radius 1 is 1.42 bits per heavy atom. The maximum Gasteiger partial charge on any atom is 0.255 e. The van der Waals surface area contributed by atoms with Crippen molar-refractivity contribution in [2.75, 3.05) is 13.1 Å². The lowest BCUT2D eigenvalue weighted by atomic mass is 10.2. The van der Waals surface area contributed by atoms with Gasteiger partial charge in [-0.25, -0.2) is 0 Å². The first kappa shape index (κ1) is 17.5. The molecule has 0 fully saturated rings. The highest BCUT2D eigenvalue weighted by Gasteiger charge is 2.17. The number of halogens is 1. The van der Waals surface area contributed by atoms with E-state index in [1.165, 1.54) is 18.6 Å². The van der Waals surface area contributed by atoms with Crippen LogP contribution in [0.25, 0.3) is 0 Å². The lowest BCUT2D eigenvalue weighted by Crippen LogP contribution is -2.46. The van der Waals surface area contributed by atoms with Gasteiger partial charge in [-0.15, -0.1) is 12.4 Å². The fourth-order valence-electron chi connectivity index (χ4n) is 1.25. The first-order valence-electron chi connectivity index (χ1n) is 5.85. The molecule has 0 aromatic carbocycles. The van der Waals surface area contributed by atoms with Crippen molar-refractivity contribution in [3.8, 4) is 0 Å². The molecule has 2 atom stereocenters. The molecule has 6 nitrogen and oxygen atoms in total. The van der Waals surface area contributed by atoms with E-state index in [9.17, 15) is 9.59 Å². The largest absolute Gasteiger partial charge is 0.472 e. The minimum atomic E-state index is -0.600. The van der Waals surface area contributed by atoms with Crippen LogP contribution < -0.4 is 16.4 Å². The molecule has 2 amide bonds. The zero-order valence-corrected chi connectivity index (χ0v) is 11.8. The average Bonchev–Trinajstić information content (AvgIpc) is 2.89. The summed E-state index contributed by atoms with van der Waals surface area (Å²) in [6.45, 7) is 4.58. The highest BCUT2D eigenvalue weighted by molar-refractivity contribution is 5.97. The lowest BCUT2D eigenvalue weighted by Gasteiger charge is -2.15. The van der Waals surface area contributed by atoms with Crippen molar-refractivity contribution in [2.45, 2.75) is 19.9 Å². The predicted molar refractivity (Wildman–Crippen MR) is 74.1 cm³/mol. The van der Waals surface area contributed by atoms with Crippen LogP contribution in [0.15, 0.2) is 23.0 Å². The molecule has 1 heterocycles. The topological polar surface area (TPSA) is 97.4 Å². The van der Waals surface area contributed by atoms with Gasteiger partial charge >= 0.3 is 0 Å². The molecule has 108 valence electrons. The first-order valence-corrected chi connectivity index (χ1v) is 5.85. The molecule has 0 saturated carbocycles. The normalized spacial score (nSPS) is 13.0. The molecular weight excluding hydrogens is 270 g/mol. The standard InChI is InChI=1S/C12H19N3O3.ClH/c1-8(5-13)6-14-11(16)9(2)15-12(17)10-3-4-18-7-10;/h3-4,7-9H,5-6,13H2,1-2H3,(H,14,16)(H,15,17);1H. The minimum Gasteiger partial charge on any atom is -0.472 e. The van der Waals surface area contributed by atoms with E-state index in [0.29, 0.717) is 18.7 Å². The smallest absolute Gasteiger partial charge is 0.255 e. The van der Waals surface area contributed by atoms with E-state index in [4.69, 9.17) is 10.2 Å². The molecule has 1 rings (SSSR count). The zero-order chi connectivity index (χ0) is 13.5. The molecule has 0 saturated heterocycles. The van der Waals surface area contributed by atoms with Crippen molar-refractivity contribution < 1.29 is 14.0 Å². The summed E-state index contributed by atoms with van der Waals surface area (Å²) >= 11 is 0. The summed E-state index contributed by atoms with van der Waals surface area (Å²) in [5.41, 5.74) is 5.84. The number of carbonyl (C=O) groups is 2. The molecule has 7 heteroatoms. The molecule has 2 unspecified atom stereocenters. The van der Waals surface area contributed by atoms with Gasteiger partial charge in [-0.3, -0.25) is 9.59 Å². The van der Waals surface area contributed by atoms with Gasteiger partial charge in [-0.2, -0.15) is 0 Å². The van der Waals surface area contributed by atoms with Crippen LogP contribution in [0.2, 0.25) is 0 Å². The molecule has 4 N–H and O–H groups in total. The number of hydrogen-bond donors (Lipinski definition) is 3. The molecule has 19 heavy (non-hydrogen) atoms. The van der Waals surface area contributed by atoms with Crippen molar-refractivity contribution in [1.82, 2.24) is 10.6 Å². The third kappa shape index (κ3) is 5.76. The molecule has 1 aromatic heterocycles. The number of nitrogens with two attached hydrogens (primary N) is 1. The fourth-order valence-corrected chi connectivity index (χ4v) is 1.25. The molecule has 0 aliphatic carbocycles. The van der Waals surface area contributed by atoms with Crippen molar-refractivity contribution in [2.24, 2.45) is 11.7 Å². The number of furan rings is 1. The van der Waals surface area contributed by atoms with Gasteiger partial charge in [0.2, 0.25) is 5.91 Å². The zero-order valence-electron chi connectivity index (χ0n) is 11.0. The first-order chi connectivity index (χ1) is 8.54. The lowest BCUT2D eigenvalue weighted by molar-refractivity contribution is -0.122. The van der Waals surface area contributed by atoms with Crippen molar-refractivity contribution in [3.05, 3.63) is 24.2 Å². The van der Waals surface area contributed by atoms with Gasteiger partial charge < -0.3 is 20.8 Å². The van der Waals surface area contributed by atoms with E-state index in [-0.39, 0.29) is 30.1 Å². The third-order valence-electron chi connectivity index (χ3n) is 2.55. The van der Waals surface area contributed by atoms with E-state index in [1.807, 2.05) is 6.92 Å². The monoisotopic (exact) mass is 289 g/mol. The number of nitrogens with one attached hydrogen (secondary N) is 2. The maximum atomic E-state index is 11.7. The number of hydrogen-bond acceptors (Lipinski definition) is 4. The Hall–Kier alpha value is -1.53. The molecule has 0 bridgehead atoms. The Morgan fingerprint density at radius 2 is 2.11 bits per heavy atom. The van der Waals surface area contributed by atoms with Crippen LogP contribution >= 0.6 is 12.4 Å². The van der Waals surface area contributed by atoms with Gasteiger partial charge in [-0.1, -0.05) is 6.92 Å². The fraction of sp³-hybridized carbons (Fsp3) is 0.500. The van der Waals surface area contributed by atoms with Crippen LogP contribution in [-0.2, 0) is 4.79 Å². The quantitative estimate of drug-likeness (QED) is 0.711. The van der Waals surface area contributed by atoms with Gasteiger partial charge in [0.15, 0.2) is 0 Å². The van der Waals surface area contributed by atoms with Crippen LogP contribution in [0.4, 0.5) is 0 Å². The van der Waals surface area contributed by atoms with Gasteiger partial charge in [0.25, 0.3) is 5.91 Å². The van der Waals surface area contributed by atoms with Crippen LogP contribution in [0.1, 0.15) is 24.2 Å². The second-order valence-electron chi connectivity index (χ2n) is 4.29. The van der Waals surface area contributed by atoms with Gasteiger partial charge in [0, 0.05) is 6.54 Å². The molecule has 1 aromatic rings. The highest BCUT2D eigenvalue weighted by atomic mass is 35.5. The Kier molecular flexibility index (Phi) is 7.86. The summed E-state index contributed by atoms with van der Waals surface area (Å²) in [7, 11) is 0. The highest BCUT2D eigenvalue weighted by Crippen LogP contribution is 2.00. The summed E-state index contributed by atoms with van der Waals surface area (Å²) in [6, 6.07) is 0.938. The summed E-state index contributed by atoms with van der Waals surface area (Å²) in [4.78, 5) is 23.3. The van der Waals surface area contributed by atoms with Gasteiger partial charge in [-0.05, 0) is 25.5 Å². The third-order valence-corrected chi connectivity index (χ3v) is 2.55. The van der Waals surface area contributed by atoms with E-state index in [0.717, 1.165) is 0 Å². The Bertz CT molecular complexity index is 395. The van der Waals surface area contributed by atoms with Crippen molar-refractivity contribution in [1.29, 1.82) is 0 Å². The van der Waals surface area contributed by atoms with Crippen molar-refractivity contribution >= 4 is 24.2 Å². The number of rotatable bonds is 6. The maximum absolute atomic E-state index is 11.7. The Labute approximate surface area is 118 Å². The van der Waals surface area contributed by atoms with E-state index < -0.39 is 6.04 Å². The molecule has 0 aliphatic rings. The number of carbonyl (C=O) groups excluding carboxylic acids is 2. The van der Waals surface area contributed by atoms with E-state index in [2.05, 4.69) is 10.6 Å². The molecule has 0 spiro atoms.